The number of benzene rings is 1. The van der Waals surface area contributed by atoms with Crippen LogP contribution in [0.25, 0.3) is 0 Å². The van der Waals surface area contributed by atoms with Crippen molar-refractivity contribution < 1.29 is 14.3 Å². The molecule has 0 spiro atoms. The lowest BCUT2D eigenvalue weighted by atomic mass is 10.2. The van der Waals surface area contributed by atoms with Crippen molar-refractivity contribution in [3.8, 4) is 11.5 Å². The number of aryl methyl sites for hydroxylation is 1. The molecule has 1 aromatic carbocycles. The van der Waals surface area contributed by atoms with E-state index in [9.17, 15) is 4.79 Å². The van der Waals surface area contributed by atoms with Gasteiger partial charge in [0, 0.05) is 6.92 Å². The molecule has 0 bridgehead atoms. The van der Waals surface area contributed by atoms with E-state index in [1.807, 2.05) is 19.9 Å². The molecular weight excluding hydrogens is 374 g/mol. The molecule has 0 aliphatic rings. The van der Waals surface area contributed by atoms with Crippen LogP contribution in [0, 0.1) is 6.92 Å². The van der Waals surface area contributed by atoms with Crippen molar-refractivity contribution in [3.05, 3.63) is 33.3 Å². The maximum Gasteiger partial charge on any atom is 0.204 e. The molecule has 0 aliphatic carbocycles. The number of ether oxygens (including phenoxy) is 2. The summed E-state index contributed by atoms with van der Waals surface area (Å²) in [6.45, 7) is 8.31. The second-order valence-corrected chi connectivity index (χ2v) is 6.88. The summed E-state index contributed by atoms with van der Waals surface area (Å²) >= 11 is 7.60. The summed E-state index contributed by atoms with van der Waals surface area (Å²) in [4.78, 5) is 16.4. The first-order chi connectivity index (χ1) is 12.5. The topological polar surface area (TPSA) is 72.8 Å². The number of ketones is 1. The van der Waals surface area contributed by atoms with Gasteiger partial charge in [0.25, 0.3) is 0 Å². The number of rotatable bonds is 9. The monoisotopic (exact) mass is 395 g/mol. The predicted octanol–water partition coefficient (Wildman–Crippen LogP) is 4.94. The first-order valence-corrected chi connectivity index (χ1v) is 9.52. The molecule has 0 amide bonds. The van der Waals surface area contributed by atoms with Gasteiger partial charge in [0.15, 0.2) is 17.3 Å². The molecule has 6 nitrogen and oxygen atoms in total. The van der Waals surface area contributed by atoms with Crippen LogP contribution >= 0.6 is 22.9 Å². The van der Waals surface area contributed by atoms with Gasteiger partial charge < -0.3 is 9.47 Å². The number of hydrazone groups is 1. The molecule has 8 heteroatoms. The largest absolute Gasteiger partial charge is 0.490 e. The zero-order chi connectivity index (χ0) is 19.1. The number of nitrogens with zero attached hydrogens (tertiary/aromatic N) is 2. The van der Waals surface area contributed by atoms with Crippen LogP contribution in [0.4, 0.5) is 5.13 Å². The van der Waals surface area contributed by atoms with Crippen molar-refractivity contribution in [1.82, 2.24) is 4.98 Å². The smallest absolute Gasteiger partial charge is 0.204 e. The Morgan fingerprint density at radius 3 is 2.77 bits per heavy atom. The average molecular weight is 396 g/mol. The van der Waals surface area contributed by atoms with Gasteiger partial charge in [0.05, 0.1) is 35.0 Å². The third-order valence-corrected chi connectivity index (χ3v) is 4.72. The predicted molar refractivity (Wildman–Crippen MR) is 106 cm³/mol. The van der Waals surface area contributed by atoms with Gasteiger partial charge in [-0.2, -0.15) is 5.10 Å². The quantitative estimate of drug-likeness (QED) is 0.370. The van der Waals surface area contributed by atoms with Crippen LogP contribution in [0.15, 0.2) is 17.2 Å². The van der Waals surface area contributed by atoms with Crippen molar-refractivity contribution in [2.75, 3.05) is 18.6 Å². The summed E-state index contributed by atoms with van der Waals surface area (Å²) in [5.41, 5.74) is 4.29. The van der Waals surface area contributed by atoms with E-state index in [0.717, 1.165) is 12.0 Å². The summed E-state index contributed by atoms with van der Waals surface area (Å²) in [7, 11) is 0. The highest BCUT2D eigenvalue weighted by molar-refractivity contribution is 7.17. The van der Waals surface area contributed by atoms with E-state index in [2.05, 4.69) is 15.5 Å². The average Bonchev–Trinajstić information content (AvgIpc) is 2.95. The minimum atomic E-state index is -0.00663. The van der Waals surface area contributed by atoms with E-state index >= 15 is 0 Å². The van der Waals surface area contributed by atoms with E-state index in [0.29, 0.717) is 45.4 Å². The number of carbonyl (C=O) groups is 1. The van der Waals surface area contributed by atoms with Crippen molar-refractivity contribution in [3.63, 3.8) is 0 Å². The third kappa shape index (κ3) is 5.19. The molecule has 0 saturated heterocycles. The highest BCUT2D eigenvalue weighted by Gasteiger charge is 2.13. The fourth-order valence-electron chi connectivity index (χ4n) is 2.20. The maximum atomic E-state index is 11.5. The van der Waals surface area contributed by atoms with Gasteiger partial charge in [0.2, 0.25) is 5.13 Å². The summed E-state index contributed by atoms with van der Waals surface area (Å²) in [5, 5.41) is 5.19. The zero-order valence-electron chi connectivity index (χ0n) is 15.3. The first-order valence-electron chi connectivity index (χ1n) is 8.32. The second kappa shape index (κ2) is 9.54. The van der Waals surface area contributed by atoms with Crippen molar-refractivity contribution in [2.45, 2.75) is 34.1 Å². The zero-order valence-corrected chi connectivity index (χ0v) is 16.8. The minimum absolute atomic E-state index is 0.00663. The number of hydrogen-bond donors (Lipinski definition) is 1. The van der Waals surface area contributed by atoms with Crippen molar-refractivity contribution in [1.29, 1.82) is 0 Å². The van der Waals surface area contributed by atoms with Crippen LogP contribution in [-0.4, -0.2) is 30.2 Å². The van der Waals surface area contributed by atoms with Crippen LogP contribution in [0.3, 0.4) is 0 Å². The first kappa shape index (κ1) is 20.2. The van der Waals surface area contributed by atoms with Crippen LogP contribution in [0.5, 0.6) is 11.5 Å². The Labute approximate surface area is 162 Å². The second-order valence-electron chi connectivity index (χ2n) is 5.47. The SMILES string of the molecule is CCCOc1c(Cl)cc(/C=N\Nc2nc(C)c(C(C)=O)s2)cc1OCC. The number of aromatic nitrogens is 1. The standard InChI is InChI=1S/C18H22ClN3O3S/c1-5-7-25-16-14(19)8-13(9-15(16)24-6-2)10-20-22-18-21-11(3)17(26-18)12(4)23/h8-10H,5-7H2,1-4H3,(H,21,22)/b20-10-. The van der Waals surface area contributed by atoms with Crippen molar-refractivity contribution in [2.24, 2.45) is 5.10 Å². The lowest BCUT2D eigenvalue weighted by molar-refractivity contribution is 0.102. The van der Waals surface area contributed by atoms with Gasteiger partial charge in [-0.05, 0) is 38.0 Å². The highest BCUT2D eigenvalue weighted by Crippen LogP contribution is 2.36. The molecule has 0 unspecified atom stereocenters. The molecule has 1 heterocycles. The number of nitrogens with one attached hydrogen (secondary N) is 1. The van der Waals surface area contributed by atoms with Gasteiger partial charge in [-0.1, -0.05) is 29.9 Å². The normalized spacial score (nSPS) is 11.0. The number of halogens is 1. The van der Waals surface area contributed by atoms with Crippen molar-refractivity contribution >= 4 is 40.1 Å². The lowest BCUT2D eigenvalue weighted by Crippen LogP contribution is -2.02. The van der Waals surface area contributed by atoms with E-state index in [1.54, 1.807) is 19.2 Å². The molecule has 2 rings (SSSR count). The van der Waals surface area contributed by atoms with Gasteiger partial charge in [-0.3, -0.25) is 10.2 Å². The molecule has 2 aromatic rings. The number of thiazole rings is 1. The summed E-state index contributed by atoms with van der Waals surface area (Å²) in [6.07, 6.45) is 2.49. The van der Waals surface area contributed by atoms with Crippen LogP contribution in [0.1, 0.15) is 48.1 Å². The molecule has 1 N–H and O–H groups in total. The molecule has 0 fully saturated rings. The van der Waals surface area contributed by atoms with Gasteiger partial charge in [-0.15, -0.1) is 0 Å². The lowest BCUT2D eigenvalue weighted by Gasteiger charge is -2.13. The molecule has 1 aromatic heterocycles. The number of Topliss-reactive ketones (excluding diaryl/α,β-unsaturated/α-hetero) is 1. The fraction of sp³-hybridized carbons (Fsp3) is 0.389. The Kier molecular flexibility index (Phi) is 7.41. The van der Waals surface area contributed by atoms with Crippen LogP contribution < -0.4 is 14.9 Å². The van der Waals surface area contributed by atoms with Gasteiger partial charge >= 0.3 is 0 Å². The molecular formula is C18H22ClN3O3S. The van der Waals surface area contributed by atoms with Gasteiger partial charge in [0.1, 0.15) is 0 Å². The number of carbonyl (C=O) groups excluding carboxylic acids is 1. The molecule has 0 aliphatic heterocycles. The molecule has 140 valence electrons. The molecule has 0 saturated carbocycles. The Morgan fingerprint density at radius 2 is 2.15 bits per heavy atom. The number of hydrogen-bond acceptors (Lipinski definition) is 7. The Hall–Kier alpha value is -2.12. The molecule has 0 atom stereocenters. The van der Waals surface area contributed by atoms with Crippen LogP contribution in [-0.2, 0) is 0 Å². The highest BCUT2D eigenvalue weighted by atomic mass is 35.5. The summed E-state index contributed by atoms with van der Waals surface area (Å²) < 4.78 is 11.3. The molecule has 26 heavy (non-hydrogen) atoms. The summed E-state index contributed by atoms with van der Waals surface area (Å²) in [5.74, 6) is 1.12. The van der Waals surface area contributed by atoms with E-state index in [4.69, 9.17) is 21.1 Å². The van der Waals surface area contributed by atoms with E-state index in [1.165, 1.54) is 18.3 Å². The van der Waals surface area contributed by atoms with E-state index in [-0.39, 0.29) is 5.78 Å². The van der Waals surface area contributed by atoms with Crippen LogP contribution in [0.2, 0.25) is 5.02 Å². The number of anilines is 1. The van der Waals surface area contributed by atoms with E-state index < -0.39 is 0 Å². The fourth-order valence-corrected chi connectivity index (χ4v) is 3.29. The Bertz CT molecular complexity index is 805. The maximum absolute atomic E-state index is 11.5. The summed E-state index contributed by atoms with van der Waals surface area (Å²) in [6, 6.07) is 3.58. The molecule has 0 radical (unpaired) electrons. The minimum Gasteiger partial charge on any atom is -0.490 e. The Morgan fingerprint density at radius 1 is 1.38 bits per heavy atom. The third-order valence-electron chi connectivity index (χ3n) is 3.27. The Balaban J connectivity index is 2.16. The van der Waals surface area contributed by atoms with Gasteiger partial charge in [-0.25, -0.2) is 4.98 Å².